The van der Waals surface area contributed by atoms with Gasteiger partial charge in [-0.25, -0.2) is 0 Å². The molecule has 1 aliphatic rings. The monoisotopic (exact) mass is 242 g/mol. The Morgan fingerprint density at radius 3 is 2.59 bits per heavy atom. The summed E-state index contributed by atoms with van der Waals surface area (Å²) in [5, 5.41) is 12.8. The van der Waals surface area contributed by atoms with E-state index in [1.54, 1.807) is 0 Å². The van der Waals surface area contributed by atoms with Crippen molar-refractivity contribution in [3.8, 4) is 0 Å². The number of carbonyl (C=O) groups excluding carboxylic acids is 1. The minimum Gasteiger partial charge on any atom is -0.391 e. The molecule has 2 N–H and O–H groups in total. The summed E-state index contributed by atoms with van der Waals surface area (Å²) in [5.74, 6) is 0.0581. The van der Waals surface area contributed by atoms with Crippen LogP contribution in [-0.4, -0.2) is 48.2 Å². The van der Waals surface area contributed by atoms with Crippen molar-refractivity contribution in [2.75, 3.05) is 14.1 Å². The van der Waals surface area contributed by atoms with E-state index < -0.39 is 0 Å². The maximum atomic E-state index is 12.1. The third-order valence-corrected chi connectivity index (χ3v) is 3.55. The third kappa shape index (κ3) is 4.28. The summed E-state index contributed by atoms with van der Waals surface area (Å²) in [7, 11) is 3.86. The van der Waals surface area contributed by atoms with E-state index in [2.05, 4.69) is 12.2 Å². The molecule has 4 nitrogen and oxygen atoms in total. The second-order valence-corrected chi connectivity index (χ2v) is 5.23. The Kier molecular flexibility index (Phi) is 5.92. The van der Waals surface area contributed by atoms with Crippen LogP contribution < -0.4 is 5.32 Å². The fourth-order valence-electron chi connectivity index (χ4n) is 2.46. The van der Waals surface area contributed by atoms with E-state index >= 15 is 0 Å². The number of hydrogen-bond donors (Lipinski definition) is 2. The van der Waals surface area contributed by atoms with Gasteiger partial charge in [0, 0.05) is 0 Å². The Labute approximate surface area is 104 Å². The van der Waals surface area contributed by atoms with Crippen LogP contribution in [0.5, 0.6) is 0 Å². The van der Waals surface area contributed by atoms with E-state index in [-0.39, 0.29) is 24.1 Å². The number of aliphatic hydroxyl groups excluding tert-OH is 1. The third-order valence-electron chi connectivity index (χ3n) is 3.55. The fourth-order valence-corrected chi connectivity index (χ4v) is 2.46. The highest BCUT2D eigenvalue weighted by Gasteiger charge is 2.28. The van der Waals surface area contributed by atoms with Crippen molar-refractivity contribution < 1.29 is 9.90 Å². The Balaban J connectivity index is 2.50. The molecule has 3 unspecified atom stereocenters. The van der Waals surface area contributed by atoms with Crippen LogP contribution in [0.2, 0.25) is 0 Å². The molecular weight excluding hydrogens is 216 g/mol. The number of rotatable bonds is 5. The molecule has 0 aromatic heterocycles. The topological polar surface area (TPSA) is 52.6 Å². The minimum atomic E-state index is -0.364. The SMILES string of the molecule is CCCC(C(=O)NC1CCCCC1O)N(C)C. The number of carbonyl (C=O) groups is 1. The zero-order chi connectivity index (χ0) is 12.8. The van der Waals surface area contributed by atoms with E-state index in [1.807, 2.05) is 19.0 Å². The maximum absolute atomic E-state index is 12.1. The molecule has 1 aliphatic carbocycles. The van der Waals surface area contributed by atoms with Crippen molar-refractivity contribution in [1.29, 1.82) is 0 Å². The molecule has 3 atom stereocenters. The average Bonchev–Trinajstić information content (AvgIpc) is 2.28. The van der Waals surface area contributed by atoms with E-state index in [0.717, 1.165) is 38.5 Å². The zero-order valence-electron chi connectivity index (χ0n) is 11.3. The van der Waals surface area contributed by atoms with E-state index in [0.29, 0.717) is 0 Å². The second kappa shape index (κ2) is 6.97. The predicted molar refractivity (Wildman–Crippen MR) is 68.8 cm³/mol. The molecule has 0 radical (unpaired) electrons. The van der Waals surface area contributed by atoms with Crippen LogP contribution in [0.15, 0.2) is 0 Å². The Bertz CT molecular complexity index is 244. The average molecular weight is 242 g/mol. The first kappa shape index (κ1) is 14.5. The van der Waals surface area contributed by atoms with Gasteiger partial charge in [-0.1, -0.05) is 26.2 Å². The van der Waals surface area contributed by atoms with E-state index in [4.69, 9.17) is 0 Å². The highest BCUT2D eigenvalue weighted by molar-refractivity contribution is 5.82. The summed E-state index contributed by atoms with van der Waals surface area (Å²) < 4.78 is 0. The van der Waals surface area contributed by atoms with Gasteiger partial charge in [0.25, 0.3) is 0 Å². The standard InChI is InChI=1S/C13H26N2O2/c1-4-7-11(15(2)3)13(17)14-10-8-5-6-9-12(10)16/h10-12,16H,4-9H2,1-3H3,(H,14,17). The quantitative estimate of drug-likeness (QED) is 0.760. The van der Waals surface area contributed by atoms with Crippen LogP contribution in [0.3, 0.4) is 0 Å². The first-order valence-corrected chi connectivity index (χ1v) is 6.71. The summed E-state index contributed by atoms with van der Waals surface area (Å²) >= 11 is 0. The fraction of sp³-hybridized carbons (Fsp3) is 0.923. The molecule has 0 aromatic carbocycles. The summed E-state index contributed by atoms with van der Waals surface area (Å²) in [4.78, 5) is 14.1. The molecule has 1 amide bonds. The molecule has 1 saturated carbocycles. The van der Waals surface area contributed by atoms with Gasteiger partial charge < -0.3 is 10.4 Å². The maximum Gasteiger partial charge on any atom is 0.237 e. The van der Waals surface area contributed by atoms with Crippen LogP contribution in [0.1, 0.15) is 45.4 Å². The first-order chi connectivity index (χ1) is 8.06. The molecule has 1 rings (SSSR count). The van der Waals surface area contributed by atoms with Crippen LogP contribution in [0, 0.1) is 0 Å². The molecule has 0 spiro atoms. The first-order valence-electron chi connectivity index (χ1n) is 6.71. The lowest BCUT2D eigenvalue weighted by atomic mass is 9.92. The van der Waals surface area contributed by atoms with Gasteiger partial charge in [-0.2, -0.15) is 0 Å². The largest absolute Gasteiger partial charge is 0.391 e. The molecule has 4 heteroatoms. The van der Waals surface area contributed by atoms with Crippen molar-refractivity contribution in [2.45, 2.75) is 63.6 Å². The number of amides is 1. The predicted octanol–water partition coefficient (Wildman–Crippen LogP) is 1.14. The van der Waals surface area contributed by atoms with Gasteiger partial charge in [0.15, 0.2) is 0 Å². The lowest BCUT2D eigenvalue weighted by Gasteiger charge is -2.31. The molecule has 1 fully saturated rings. The minimum absolute atomic E-state index is 0.0458. The smallest absolute Gasteiger partial charge is 0.237 e. The number of likely N-dealkylation sites (N-methyl/N-ethyl adjacent to an activating group) is 1. The second-order valence-electron chi connectivity index (χ2n) is 5.23. The van der Waals surface area contributed by atoms with Gasteiger partial charge in [0.2, 0.25) is 5.91 Å². The van der Waals surface area contributed by atoms with Crippen LogP contribution >= 0.6 is 0 Å². The molecule has 100 valence electrons. The van der Waals surface area contributed by atoms with E-state index in [1.165, 1.54) is 0 Å². The van der Waals surface area contributed by atoms with Crippen LogP contribution in [-0.2, 0) is 4.79 Å². The Hall–Kier alpha value is -0.610. The van der Waals surface area contributed by atoms with Crippen LogP contribution in [0.25, 0.3) is 0 Å². The van der Waals surface area contributed by atoms with Gasteiger partial charge in [0.05, 0.1) is 18.2 Å². The number of aliphatic hydroxyl groups is 1. The van der Waals surface area contributed by atoms with Gasteiger partial charge in [0.1, 0.15) is 0 Å². The van der Waals surface area contributed by atoms with E-state index in [9.17, 15) is 9.90 Å². The molecule has 0 saturated heterocycles. The molecule has 0 heterocycles. The van der Waals surface area contributed by atoms with Gasteiger partial charge in [-0.3, -0.25) is 9.69 Å². The zero-order valence-corrected chi connectivity index (χ0v) is 11.3. The molecular formula is C13H26N2O2. The van der Waals surface area contributed by atoms with Gasteiger partial charge in [-0.15, -0.1) is 0 Å². The lowest BCUT2D eigenvalue weighted by molar-refractivity contribution is -0.127. The highest BCUT2D eigenvalue weighted by Crippen LogP contribution is 2.18. The van der Waals surface area contributed by atoms with Crippen molar-refractivity contribution in [1.82, 2.24) is 10.2 Å². The molecule has 0 aromatic rings. The van der Waals surface area contributed by atoms with Gasteiger partial charge >= 0.3 is 0 Å². The molecule has 0 bridgehead atoms. The van der Waals surface area contributed by atoms with Crippen molar-refractivity contribution in [2.24, 2.45) is 0 Å². The van der Waals surface area contributed by atoms with Crippen molar-refractivity contribution in [3.63, 3.8) is 0 Å². The lowest BCUT2D eigenvalue weighted by Crippen LogP contribution is -2.51. The van der Waals surface area contributed by atoms with Crippen molar-refractivity contribution >= 4 is 5.91 Å². The normalized spacial score (nSPS) is 26.9. The number of nitrogens with one attached hydrogen (secondary N) is 1. The number of hydrogen-bond acceptors (Lipinski definition) is 3. The molecule has 0 aliphatic heterocycles. The van der Waals surface area contributed by atoms with Crippen LogP contribution in [0.4, 0.5) is 0 Å². The van der Waals surface area contributed by atoms with Gasteiger partial charge in [-0.05, 0) is 33.4 Å². The Morgan fingerprint density at radius 1 is 1.41 bits per heavy atom. The van der Waals surface area contributed by atoms with Crippen molar-refractivity contribution in [3.05, 3.63) is 0 Å². The summed E-state index contributed by atoms with van der Waals surface area (Å²) in [6.45, 7) is 2.08. The highest BCUT2D eigenvalue weighted by atomic mass is 16.3. The summed E-state index contributed by atoms with van der Waals surface area (Å²) in [6, 6.07) is -0.121. The summed E-state index contributed by atoms with van der Waals surface area (Å²) in [5.41, 5.74) is 0. The summed E-state index contributed by atoms with van der Waals surface area (Å²) in [6.07, 6.45) is 5.37. The number of nitrogens with zero attached hydrogens (tertiary/aromatic N) is 1. The Morgan fingerprint density at radius 2 is 2.06 bits per heavy atom. The molecule has 17 heavy (non-hydrogen) atoms.